The van der Waals surface area contributed by atoms with Crippen molar-refractivity contribution in [2.24, 2.45) is 0 Å². The zero-order valence-corrected chi connectivity index (χ0v) is 32.2. The summed E-state index contributed by atoms with van der Waals surface area (Å²) < 4.78 is 0. The second-order valence-electron chi connectivity index (χ2n) is 15.1. The summed E-state index contributed by atoms with van der Waals surface area (Å²) in [4.78, 5) is 15.9. The van der Waals surface area contributed by atoms with Crippen molar-refractivity contribution < 1.29 is 0 Å². The third-order valence-electron chi connectivity index (χ3n) is 11.7. The van der Waals surface area contributed by atoms with Crippen LogP contribution in [0.2, 0.25) is 0 Å². The summed E-state index contributed by atoms with van der Waals surface area (Å²) in [6, 6.07) is 79.6. The number of aromatic nitrogens is 3. The Morgan fingerprint density at radius 1 is 0.305 bits per heavy atom. The quantitative estimate of drug-likeness (QED) is 0.163. The lowest BCUT2D eigenvalue weighted by Crippen LogP contribution is -2.29. The number of pyridine rings is 1. The van der Waals surface area contributed by atoms with Crippen molar-refractivity contribution >= 4 is 10.8 Å². The molecular weight excluding hydrogens is 715 g/mol. The van der Waals surface area contributed by atoms with E-state index in [2.05, 4.69) is 188 Å². The molecule has 0 spiro atoms. The molecule has 276 valence electrons. The summed E-state index contributed by atoms with van der Waals surface area (Å²) in [6.45, 7) is 0. The van der Waals surface area contributed by atoms with Crippen LogP contribution in [-0.2, 0) is 5.41 Å². The number of nitrogens with zero attached hydrogens (tertiary/aromatic N) is 3. The molecule has 8 aromatic carbocycles. The molecule has 0 bridgehead atoms. The second-order valence-corrected chi connectivity index (χ2v) is 15.1. The maximum Gasteiger partial charge on any atom is 0.160 e. The van der Waals surface area contributed by atoms with E-state index >= 15 is 0 Å². The molecule has 1 aliphatic carbocycles. The standard InChI is InChI=1S/C56H37N3/c1-5-19-38(20-6-1)50-37-51(39-21-7-2-8-22-39)58-55(57-50)43-26-18-24-41(36-43)40-23-17-25-42(35-40)53-47-32-14-13-31-46(47)52-54(59-53)48-33-15-16-34-49(48)56(52,44-27-9-3-10-28-44)45-29-11-4-12-30-45/h1-37H. The van der Waals surface area contributed by atoms with Gasteiger partial charge in [0.2, 0.25) is 0 Å². The molecule has 0 atom stereocenters. The van der Waals surface area contributed by atoms with Crippen molar-refractivity contribution in [2.45, 2.75) is 5.41 Å². The summed E-state index contributed by atoms with van der Waals surface area (Å²) in [5.74, 6) is 0.688. The Hall–Kier alpha value is -7.75. The summed E-state index contributed by atoms with van der Waals surface area (Å²) >= 11 is 0. The SMILES string of the molecule is c1ccc(-c2cc(-c3ccccc3)nc(-c3cccc(-c4cccc(-c5nc6c(c7ccccc57)C(c5ccccc5)(c5ccccc5)c5ccccc5-6)c4)c3)n2)cc1. The summed E-state index contributed by atoms with van der Waals surface area (Å²) in [5.41, 5.74) is 15.7. The maximum absolute atomic E-state index is 5.70. The topological polar surface area (TPSA) is 38.7 Å². The van der Waals surface area contributed by atoms with Crippen LogP contribution in [0.4, 0.5) is 0 Å². The molecule has 3 nitrogen and oxygen atoms in total. The Morgan fingerprint density at radius 2 is 0.763 bits per heavy atom. The average Bonchev–Trinajstić information content (AvgIpc) is 3.63. The molecule has 10 aromatic rings. The van der Waals surface area contributed by atoms with Gasteiger partial charge in [0.15, 0.2) is 5.82 Å². The Labute approximate surface area is 344 Å². The van der Waals surface area contributed by atoms with Crippen LogP contribution in [0.3, 0.4) is 0 Å². The zero-order valence-electron chi connectivity index (χ0n) is 32.2. The van der Waals surface area contributed by atoms with Gasteiger partial charge in [-0.25, -0.2) is 15.0 Å². The molecule has 2 aromatic heterocycles. The molecule has 59 heavy (non-hydrogen) atoms. The van der Waals surface area contributed by atoms with Crippen LogP contribution < -0.4 is 0 Å². The minimum atomic E-state index is -0.540. The van der Waals surface area contributed by atoms with Gasteiger partial charge in [-0.1, -0.05) is 206 Å². The van der Waals surface area contributed by atoms with Gasteiger partial charge in [-0.15, -0.1) is 0 Å². The fourth-order valence-corrected chi connectivity index (χ4v) is 9.13. The van der Waals surface area contributed by atoms with Gasteiger partial charge in [0.1, 0.15) is 0 Å². The first kappa shape index (κ1) is 34.5. The monoisotopic (exact) mass is 751 g/mol. The predicted octanol–water partition coefficient (Wildman–Crippen LogP) is 13.7. The normalized spacial score (nSPS) is 12.5. The number of fused-ring (bicyclic) bond motifs is 5. The van der Waals surface area contributed by atoms with E-state index in [0.717, 1.165) is 61.5 Å². The fraction of sp³-hybridized carbons (Fsp3) is 0.0179. The first-order valence-corrected chi connectivity index (χ1v) is 20.1. The Balaban J connectivity index is 1.07. The number of rotatable bonds is 7. The third-order valence-corrected chi connectivity index (χ3v) is 11.7. The van der Waals surface area contributed by atoms with Gasteiger partial charge in [-0.2, -0.15) is 0 Å². The third kappa shape index (κ3) is 5.78. The van der Waals surface area contributed by atoms with E-state index in [-0.39, 0.29) is 0 Å². The van der Waals surface area contributed by atoms with E-state index in [0.29, 0.717) is 5.82 Å². The molecule has 2 heterocycles. The van der Waals surface area contributed by atoms with Crippen molar-refractivity contribution in [3.8, 4) is 67.5 Å². The highest BCUT2D eigenvalue weighted by atomic mass is 14.9. The lowest BCUT2D eigenvalue weighted by Gasteiger charge is -2.34. The highest BCUT2D eigenvalue weighted by molar-refractivity contribution is 6.04. The zero-order chi connectivity index (χ0) is 39.2. The van der Waals surface area contributed by atoms with Crippen molar-refractivity contribution in [1.82, 2.24) is 15.0 Å². The highest BCUT2D eigenvalue weighted by Gasteiger charge is 2.48. The number of hydrogen-bond donors (Lipinski definition) is 0. The molecule has 3 heteroatoms. The fourth-order valence-electron chi connectivity index (χ4n) is 9.13. The molecule has 0 saturated heterocycles. The number of hydrogen-bond acceptors (Lipinski definition) is 3. The van der Waals surface area contributed by atoms with Crippen molar-refractivity contribution in [3.05, 3.63) is 247 Å². The van der Waals surface area contributed by atoms with Crippen LogP contribution in [0.25, 0.3) is 78.3 Å². The summed E-state index contributed by atoms with van der Waals surface area (Å²) in [7, 11) is 0. The van der Waals surface area contributed by atoms with Gasteiger partial charge < -0.3 is 0 Å². The first-order valence-electron chi connectivity index (χ1n) is 20.1. The van der Waals surface area contributed by atoms with Crippen LogP contribution >= 0.6 is 0 Å². The van der Waals surface area contributed by atoms with Crippen molar-refractivity contribution in [1.29, 1.82) is 0 Å². The minimum absolute atomic E-state index is 0.540. The Bertz CT molecular complexity index is 3040. The van der Waals surface area contributed by atoms with Crippen molar-refractivity contribution in [2.75, 3.05) is 0 Å². The highest BCUT2D eigenvalue weighted by Crippen LogP contribution is 2.58. The van der Waals surface area contributed by atoms with Gasteiger partial charge in [0.05, 0.1) is 28.2 Å². The van der Waals surface area contributed by atoms with E-state index in [1.807, 2.05) is 36.4 Å². The van der Waals surface area contributed by atoms with E-state index in [1.54, 1.807) is 0 Å². The lowest BCUT2D eigenvalue weighted by atomic mass is 9.67. The molecule has 0 aliphatic heterocycles. The van der Waals surface area contributed by atoms with Gasteiger partial charge in [0.25, 0.3) is 0 Å². The summed E-state index contributed by atoms with van der Waals surface area (Å²) in [6.07, 6.45) is 0. The van der Waals surface area contributed by atoms with Crippen LogP contribution in [0.5, 0.6) is 0 Å². The van der Waals surface area contributed by atoms with E-state index < -0.39 is 5.41 Å². The van der Waals surface area contributed by atoms with Crippen LogP contribution in [0, 0.1) is 0 Å². The van der Waals surface area contributed by atoms with Gasteiger partial charge in [-0.3, -0.25) is 0 Å². The Kier molecular flexibility index (Phi) is 8.37. The number of benzene rings is 8. The molecule has 0 amide bonds. The van der Waals surface area contributed by atoms with Crippen LogP contribution in [0.1, 0.15) is 22.3 Å². The summed E-state index contributed by atoms with van der Waals surface area (Å²) in [5, 5.41) is 2.33. The van der Waals surface area contributed by atoms with Crippen molar-refractivity contribution in [3.63, 3.8) is 0 Å². The predicted molar refractivity (Wildman–Crippen MR) is 242 cm³/mol. The van der Waals surface area contributed by atoms with Crippen LogP contribution in [0.15, 0.2) is 224 Å². The maximum atomic E-state index is 5.70. The van der Waals surface area contributed by atoms with Gasteiger partial charge in [0, 0.05) is 38.8 Å². The Morgan fingerprint density at radius 3 is 1.37 bits per heavy atom. The molecule has 0 radical (unpaired) electrons. The van der Waals surface area contributed by atoms with Crippen LogP contribution in [-0.4, -0.2) is 15.0 Å². The smallest absolute Gasteiger partial charge is 0.160 e. The minimum Gasteiger partial charge on any atom is -0.247 e. The largest absolute Gasteiger partial charge is 0.247 e. The lowest BCUT2D eigenvalue weighted by molar-refractivity contribution is 0.774. The molecule has 1 aliphatic rings. The van der Waals surface area contributed by atoms with E-state index in [9.17, 15) is 0 Å². The average molecular weight is 752 g/mol. The molecule has 11 rings (SSSR count). The molecule has 0 unspecified atom stereocenters. The van der Waals surface area contributed by atoms with Gasteiger partial charge in [-0.05, 0) is 51.4 Å². The second kappa shape index (κ2) is 14.3. The molecule has 0 saturated carbocycles. The molecular formula is C56H37N3. The molecule has 0 N–H and O–H groups in total. The van der Waals surface area contributed by atoms with Gasteiger partial charge >= 0.3 is 0 Å². The van der Waals surface area contributed by atoms with E-state index in [1.165, 1.54) is 33.2 Å². The molecule has 0 fully saturated rings. The first-order chi connectivity index (χ1) is 29.3. The van der Waals surface area contributed by atoms with E-state index in [4.69, 9.17) is 15.0 Å².